The Labute approximate surface area is 304 Å². The molecule has 2 heterocycles. The summed E-state index contributed by atoms with van der Waals surface area (Å²) in [7, 11) is 5.52. The van der Waals surface area contributed by atoms with Crippen LogP contribution in [0.5, 0.6) is 0 Å². The Morgan fingerprint density at radius 3 is 2.16 bits per heavy atom. The van der Waals surface area contributed by atoms with Gasteiger partial charge in [0.1, 0.15) is 12.6 Å². The number of carbonyl (C=O) groups excluding carboxylic acids is 3. The number of ketones is 1. The normalized spacial score (nSPS) is 13.1. The summed E-state index contributed by atoms with van der Waals surface area (Å²) in [4.78, 5) is 53.3. The van der Waals surface area contributed by atoms with E-state index in [1.165, 1.54) is 11.3 Å². The van der Waals surface area contributed by atoms with E-state index in [0.29, 0.717) is 44.7 Å². The summed E-state index contributed by atoms with van der Waals surface area (Å²) in [5.41, 5.74) is 4.78. The largest absolute Gasteiger partial charge is 0.444 e. The number of thiazole rings is 2. The molecule has 4 rings (SSSR count). The number of nitrogens with zero attached hydrogens (tertiary/aromatic N) is 4. The van der Waals surface area contributed by atoms with Gasteiger partial charge in [-0.1, -0.05) is 74.5 Å². The van der Waals surface area contributed by atoms with E-state index in [1.807, 2.05) is 72.9 Å². The van der Waals surface area contributed by atoms with Gasteiger partial charge in [0.2, 0.25) is 0 Å². The summed E-state index contributed by atoms with van der Waals surface area (Å²) in [6.45, 7) is 5.10. The molecular weight excluding hydrogens is 669 g/mol. The molecule has 0 aliphatic heterocycles. The Kier molecular flexibility index (Phi) is 15.4. The highest BCUT2D eigenvalue weighted by Crippen LogP contribution is 2.23. The number of Topliss-reactive ketones (excluding diaryl/α,β-unsaturated/α-hetero) is 1. The van der Waals surface area contributed by atoms with Crippen LogP contribution in [0, 0.1) is 5.92 Å². The van der Waals surface area contributed by atoms with Gasteiger partial charge in [-0.15, -0.1) is 22.7 Å². The van der Waals surface area contributed by atoms with Gasteiger partial charge in [0.05, 0.1) is 27.6 Å². The molecule has 2 aromatic carbocycles. The molecule has 0 saturated carbocycles. The van der Waals surface area contributed by atoms with Crippen molar-refractivity contribution in [2.45, 2.75) is 77.1 Å². The molecule has 0 saturated heterocycles. The SMILES string of the molecule is CC(C)c1nc(CN(C)C(=O)NC(CN(C)C)C(=O)C[C@H](CC[C@H](Cc2ccccc2)NC(=O)OCc2cncs2)Cc2ccccc2)cs1. The van der Waals surface area contributed by atoms with Crippen molar-refractivity contribution < 1.29 is 19.1 Å². The van der Waals surface area contributed by atoms with E-state index in [-0.39, 0.29) is 36.8 Å². The van der Waals surface area contributed by atoms with Gasteiger partial charge in [0, 0.05) is 43.5 Å². The maximum atomic E-state index is 14.0. The van der Waals surface area contributed by atoms with E-state index in [0.717, 1.165) is 26.7 Å². The van der Waals surface area contributed by atoms with Crippen molar-refractivity contribution in [3.05, 3.63) is 104 Å². The standard InChI is InChI=1S/C38H50N6O4S2/c1-27(2)36-40-32(25-49-36)22-44(5)37(46)42-34(23-43(3)4)35(45)20-30(18-28-12-8-6-9-13-28)16-17-31(19-29-14-10-7-11-15-29)41-38(47)48-24-33-21-39-26-50-33/h6-15,21,25-27,30-31,34H,16-20,22-24H2,1-5H3,(H,41,47)(H,42,46)/t30-,31-,34?/m1/s1. The number of alkyl carbamates (subject to hydrolysis) is 1. The maximum Gasteiger partial charge on any atom is 0.407 e. The number of aromatic nitrogens is 2. The number of likely N-dealkylation sites (N-methyl/N-ethyl adjacent to an activating group) is 1. The zero-order valence-electron chi connectivity index (χ0n) is 29.7. The third-order valence-corrected chi connectivity index (χ3v) is 10.2. The van der Waals surface area contributed by atoms with Gasteiger partial charge in [0.25, 0.3) is 0 Å². The van der Waals surface area contributed by atoms with Crippen molar-refractivity contribution in [3.8, 4) is 0 Å². The fourth-order valence-corrected chi connectivity index (χ4v) is 7.03. The lowest BCUT2D eigenvalue weighted by atomic mass is 9.86. The predicted molar refractivity (Wildman–Crippen MR) is 200 cm³/mol. The molecule has 0 bridgehead atoms. The Morgan fingerprint density at radius 1 is 0.880 bits per heavy atom. The third-order valence-electron chi connectivity index (χ3n) is 8.30. The van der Waals surface area contributed by atoms with Crippen molar-refractivity contribution >= 4 is 40.6 Å². The number of benzene rings is 2. The van der Waals surface area contributed by atoms with Crippen molar-refractivity contribution in [1.82, 2.24) is 30.4 Å². The van der Waals surface area contributed by atoms with Crippen molar-refractivity contribution in [3.63, 3.8) is 0 Å². The smallest absolute Gasteiger partial charge is 0.407 e. The first-order valence-corrected chi connectivity index (χ1v) is 18.8. The van der Waals surface area contributed by atoms with Crippen LogP contribution < -0.4 is 10.6 Å². The van der Waals surface area contributed by atoms with E-state index < -0.39 is 12.1 Å². The second-order valence-corrected chi connectivity index (χ2v) is 15.2. The first kappa shape index (κ1) is 38.7. The van der Waals surface area contributed by atoms with Gasteiger partial charge in [-0.05, 0) is 56.8 Å². The highest BCUT2D eigenvalue weighted by atomic mass is 32.1. The summed E-state index contributed by atoms with van der Waals surface area (Å²) < 4.78 is 5.51. The number of nitrogens with one attached hydrogen (secondary N) is 2. The molecule has 3 amide bonds. The molecule has 2 N–H and O–H groups in total. The summed E-state index contributed by atoms with van der Waals surface area (Å²) >= 11 is 3.03. The fourth-order valence-electron chi connectivity index (χ4n) is 5.70. The molecule has 12 heteroatoms. The first-order chi connectivity index (χ1) is 24.0. The van der Waals surface area contributed by atoms with Crippen LogP contribution >= 0.6 is 22.7 Å². The Bertz CT molecular complexity index is 1600. The number of ether oxygens (including phenoxy) is 1. The van der Waals surface area contributed by atoms with E-state index in [4.69, 9.17) is 4.74 Å². The topological polar surface area (TPSA) is 117 Å². The zero-order chi connectivity index (χ0) is 35.9. The number of hydrogen-bond acceptors (Lipinski definition) is 9. The van der Waals surface area contributed by atoms with Crippen molar-refractivity contribution in [2.75, 3.05) is 27.7 Å². The summed E-state index contributed by atoms with van der Waals surface area (Å²) in [6, 6.07) is 19.0. The number of carbonyl (C=O) groups is 3. The Morgan fingerprint density at radius 2 is 1.56 bits per heavy atom. The van der Waals surface area contributed by atoms with Crippen molar-refractivity contribution in [1.29, 1.82) is 0 Å². The molecule has 0 fully saturated rings. The molecule has 0 spiro atoms. The Balaban J connectivity index is 1.44. The predicted octanol–water partition coefficient (Wildman–Crippen LogP) is 6.93. The van der Waals surface area contributed by atoms with Gasteiger partial charge in [0.15, 0.2) is 5.78 Å². The summed E-state index contributed by atoms with van der Waals surface area (Å²) in [6.07, 6.45) is 4.17. The minimum absolute atomic E-state index is 0.0121. The highest BCUT2D eigenvalue weighted by molar-refractivity contribution is 7.09. The number of rotatable bonds is 19. The second-order valence-electron chi connectivity index (χ2n) is 13.3. The van der Waals surface area contributed by atoms with Crippen LogP contribution in [0.15, 0.2) is 77.8 Å². The van der Waals surface area contributed by atoms with E-state index in [2.05, 4.69) is 46.6 Å². The lowest BCUT2D eigenvalue weighted by Crippen LogP contribution is -2.51. The minimum atomic E-state index is -0.681. The molecule has 50 heavy (non-hydrogen) atoms. The number of amides is 3. The van der Waals surface area contributed by atoms with Crippen molar-refractivity contribution in [2.24, 2.45) is 5.92 Å². The van der Waals surface area contributed by atoms with E-state index >= 15 is 0 Å². The fraction of sp³-hybridized carbons (Fsp3) is 0.447. The zero-order valence-corrected chi connectivity index (χ0v) is 31.3. The van der Waals surface area contributed by atoms with Crippen LogP contribution in [-0.2, 0) is 35.5 Å². The van der Waals surface area contributed by atoms with E-state index in [1.54, 1.807) is 35.0 Å². The van der Waals surface area contributed by atoms with Crippen LogP contribution in [0.1, 0.15) is 65.7 Å². The lowest BCUT2D eigenvalue weighted by molar-refractivity contribution is -0.122. The van der Waals surface area contributed by atoms with Gasteiger partial charge in [-0.3, -0.25) is 9.78 Å². The molecule has 1 unspecified atom stereocenters. The van der Waals surface area contributed by atoms with Gasteiger partial charge in [-0.2, -0.15) is 0 Å². The third kappa shape index (κ3) is 13.3. The average Bonchev–Trinajstić information content (AvgIpc) is 3.79. The molecule has 0 aliphatic rings. The van der Waals surface area contributed by atoms with Gasteiger partial charge < -0.3 is 25.2 Å². The molecule has 10 nitrogen and oxygen atoms in total. The van der Waals surface area contributed by atoms with Gasteiger partial charge in [-0.25, -0.2) is 14.6 Å². The molecule has 4 aromatic rings. The quantitative estimate of drug-likeness (QED) is 0.108. The summed E-state index contributed by atoms with van der Waals surface area (Å²) in [5.74, 6) is 0.293. The van der Waals surface area contributed by atoms with Crippen LogP contribution in [-0.4, -0.2) is 77.4 Å². The molecule has 0 radical (unpaired) electrons. The molecule has 0 aliphatic carbocycles. The first-order valence-electron chi connectivity index (χ1n) is 17.1. The average molecular weight is 719 g/mol. The van der Waals surface area contributed by atoms with Crippen LogP contribution in [0.3, 0.4) is 0 Å². The maximum absolute atomic E-state index is 14.0. The number of hydrogen-bond donors (Lipinski definition) is 2. The molecule has 268 valence electrons. The minimum Gasteiger partial charge on any atom is -0.444 e. The molecular formula is C38H50N6O4S2. The van der Waals surface area contributed by atoms with Crippen LogP contribution in [0.2, 0.25) is 0 Å². The monoisotopic (exact) mass is 718 g/mol. The molecule has 3 atom stereocenters. The lowest BCUT2D eigenvalue weighted by Gasteiger charge is -2.27. The van der Waals surface area contributed by atoms with Crippen LogP contribution in [0.4, 0.5) is 9.59 Å². The highest BCUT2D eigenvalue weighted by Gasteiger charge is 2.27. The van der Waals surface area contributed by atoms with E-state index in [9.17, 15) is 14.4 Å². The van der Waals surface area contributed by atoms with Gasteiger partial charge >= 0.3 is 12.1 Å². The summed E-state index contributed by atoms with van der Waals surface area (Å²) in [5, 5.41) is 9.11. The Hall–Kier alpha value is -4.13. The van der Waals surface area contributed by atoms with Crippen LogP contribution in [0.25, 0.3) is 0 Å². The number of urea groups is 1. The second kappa shape index (κ2) is 19.9. The molecule has 2 aromatic heterocycles.